The van der Waals surface area contributed by atoms with Gasteiger partial charge in [0.25, 0.3) is 6.47 Å². The Morgan fingerprint density at radius 2 is 1.93 bits per heavy atom. The molecule has 0 aliphatic rings. The highest BCUT2D eigenvalue weighted by molar-refractivity contribution is 5.67. The van der Waals surface area contributed by atoms with Crippen LogP contribution < -0.4 is 5.32 Å². The zero-order valence-electron chi connectivity index (χ0n) is 15.9. The van der Waals surface area contributed by atoms with E-state index < -0.39 is 17.5 Å². The molecule has 1 aromatic carbocycles. The molecule has 0 saturated heterocycles. The van der Waals surface area contributed by atoms with Gasteiger partial charge in [-0.1, -0.05) is 31.2 Å². The molecule has 0 aromatic heterocycles. The maximum absolute atomic E-state index is 12.0. The quantitative estimate of drug-likeness (QED) is 0.190. The fourth-order valence-electron chi connectivity index (χ4n) is 2.30. The van der Waals surface area contributed by atoms with E-state index >= 15 is 0 Å². The third-order valence-corrected chi connectivity index (χ3v) is 4.05. The average Bonchev–Trinajstić information content (AvgIpc) is 2.70. The molecule has 0 radical (unpaired) electrons. The molecule has 1 aromatic rings. The zero-order valence-corrected chi connectivity index (χ0v) is 15.9. The van der Waals surface area contributed by atoms with Crippen molar-refractivity contribution in [1.29, 1.82) is 0 Å². The van der Waals surface area contributed by atoms with E-state index in [0.717, 1.165) is 11.1 Å². The van der Waals surface area contributed by atoms with Crippen LogP contribution in [-0.4, -0.2) is 44.4 Å². The summed E-state index contributed by atoms with van der Waals surface area (Å²) in [4.78, 5) is 47.3. The van der Waals surface area contributed by atoms with Gasteiger partial charge in [-0.05, 0) is 17.5 Å². The molecule has 0 aliphatic carbocycles. The van der Waals surface area contributed by atoms with Gasteiger partial charge in [-0.15, -0.1) is 0 Å². The molecule has 152 valence electrons. The normalized spacial score (nSPS) is 12.1. The zero-order chi connectivity index (χ0) is 20.8. The number of nitrogens with one attached hydrogen (secondary N) is 1. The minimum absolute atomic E-state index is 0.0424. The fraction of sp³-hybridized carbons (Fsp3) is 0.474. The van der Waals surface area contributed by atoms with Crippen molar-refractivity contribution in [3.63, 3.8) is 0 Å². The van der Waals surface area contributed by atoms with Crippen LogP contribution in [0.2, 0.25) is 0 Å². The highest BCUT2D eigenvalue weighted by Gasteiger charge is 2.33. The summed E-state index contributed by atoms with van der Waals surface area (Å²) in [5.41, 5.74) is 0.798. The molecule has 0 spiro atoms. The van der Waals surface area contributed by atoms with Crippen LogP contribution in [0, 0.1) is 5.41 Å². The Hall–Kier alpha value is -3.19. The van der Waals surface area contributed by atoms with Crippen LogP contribution in [0.1, 0.15) is 31.4 Å². The summed E-state index contributed by atoms with van der Waals surface area (Å²) in [6, 6.07) is 7.20. The Bertz CT molecular complexity index is 716. The van der Waals surface area contributed by atoms with Gasteiger partial charge in [-0.2, -0.15) is 0 Å². The van der Waals surface area contributed by atoms with Gasteiger partial charge in [0.05, 0.1) is 12.0 Å². The summed E-state index contributed by atoms with van der Waals surface area (Å²) in [6.45, 7) is 3.62. The Labute approximate surface area is 163 Å². The minimum atomic E-state index is -0.823. The van der Waals surface area contributed by atoms with E-state index in [2.05, 4.69) is 10.3 Å². The number of nitrogens with zero attached hydrogens (tertiary/aromatic N) is 1. The second-order valence-corrected chi connectivity index (χ2v) is 6.20. The SMILES string of the molecule is CCC(COC=O)(COC(C)=O)COC(=O)NCc1cccc(CN=C=O)c1. The molecule has 28 heavy (non-hydrogen) atoms. The van der Waals surface area contributed by atoms with Gasteiger partial charge in [0.1, 0.15) is 19.8 Å². The Kier molecular flexibility index (Phi) is 9.99. The lowest BCUT2D eigenvalue weighted by Gasteiger charge is -2.30. The Morgan fingerprint density at radius 1 is 1.21 bits per heavy atom. The molecule has 0 bridgehead atoms. The molecule has 0 fully saturated rings. The molecule has 9 nitrogen and oxygen atoms in total. The molecule has 0 aliphatic heterocycles. The number of amides is 1. The third kappa shape index (κ3) is 8.46. The van der Waals surface area contributed by atoms with Gasteiger partial charge >= 0.3 is 12.1 Å². The number of alkyl carbamates (subject to hydrolysis) is 1. The molecule has 1 amide bonds. The second-order valence-electron chi connectivity index (χ2n) is 6.20. The van der Waals surface area contributed by atoms with Crippen molar-refractivity contribution in [2.45, 2.75) is 33.4 Å². The summed E-state index contributed by atoms with van der Waals surface area (Å²) in [7, 11) is 0. The number of aliphatic imine (C=N–C) groups is 1. The van der Waals surface area contributed by atoms with E-state index in [1.54, 1.807) is 18.2 Å². The van der Waals surface area contributed by atoms with Crippen LogP contribution in [0.15, 0.2) is 29.3 Å². The molecule has 1 atom stereocenters. The van der Waals surface area contributed by atoms with Crippen molar-refractivity contribution in [2.75, 3.05) is 19.8 Å². The molecule has 1 unspecified atom stereocenters. The van der Waals surface area contributed by atoms with E-state index in [9.17, 15) is 19.2 Å². The van der Waals surface area contributed by atoms with Crippen molar-refractivity contribution in [3.8, 4) is 0 Å². The molecule has 0 heterocycles. The first-order valence-electron chi connectivity index (χ1n) is 8.65. The first-order chi connectivity index (χ1) is 13.4. The summed E-state index contributed by atoms with van der Waals surface area (Å²) in [5.74, 6) is -0.479. The molecule has 1 rings (SSSR count). The smallest absolute Gasteiger partial charge is 0.407 e. The number of benzene rings is 1. The summed E-state index contributed by atoms with van der Waals surface area (Å²) < 4.78 is 15.1. The highest BCUT2D eigenvalue weighted by Crippen LogP contribution is 2.24. The standard InChI is InChI=1S/C19H24N2O7/c1-3-19(10-26-14-23,11-27-15(2)24)12-28-18(25)21-9-17-6-4-5-16(7-17)8-20-13-22/h4-7,14H,3,8-12H2,1-2H3,(H,21,25). The Balaban J connectivity index is 2.60. The molecule has 1 N–H and O–H groups in total. The van der Waals surface area contributed by atoms with Crippen molar-refractivity contribution >= 4 is 24.6 Å². The largest absolute Gasteiger partial charge is 0.467 e. The summed E-state index contributed by atoms with van der Waals surface area (Å²) in [6.07, 6.45) is 1.27. The number of hydrogen-bond acceptors (Lipinski definition) is 8. The second kappa shape index (κ2) is 12.2. The predicted octanol–water partition coefficient (Wildman–Crippen LogP) is 1.88. The number of carbonyl (C=O) groups excluding carboxylic acids is 4. The number of ether oxygens (including phenoxy) is 3. The molecule has 9 heteroatoms. The number of hydrogen-bond donors (Lipinski definition) is 1. The average molecular weight is 392 g/mol. The van der Waals surface area contributed by atoms with Crippen molar-refractivity contribution < 1.29 is 33.4 Å². The van der Waals surface area contributed by atoms with Crippen LogP contribution in [0.4, 0.5) is 4.79 Å². The van der Waals surface area contributed by atoms with Crippen molar-refractivity contribution in [3.05, 3.63) is 35.4 Å². The minimum Gasteiger partial charge on any atom is -0.467 e. The lowest BCUT2D eigenvalue weighted by Crippen LogP contribution is -2.39. The monoisotopic (exact) mass is 392 g/mol. The summed E-state index contributed by atoms with van der Waals surface area (Å²) >= 11 is 0. The first kappa shape index (κ1) is 22.9. The summed E-state index contributed by atoms with van der Waals surface area (Å²) in [5, 5.41) is 2.61. The maximum Gasteiger partial charge on any atom is 0.407 e. The Morgan fingerprint density at radius 3 is 2.57 bits per heavy atom. The fourth-order valence-corrected chi connectivity index (χ4v) is 2.30. The maximum atomic E-state index is 12.0. The number of esters is 1. The van der Waals surface area contributed by atoms with Crippen LogP contribution in [0.5, 0.6) is 0 Å². The van der Waals surface area contributed by atoms with E-state index in [4.69, 9.17) is 14.2 Å². The lowest BCUT2D eigenvalue weighted by atomic mass is 9.88. The van der Waals surface area contributed by atoms with Gasteiger partial charge < -0.3 is 19.5 Å². The van der Waals surface area contributed by atoms with E-state index in [1.807, 2.05) is 13.0 Å². The van der Waals surface area contributed by atoms with Crippen LogP contribution in [0.25, 0.3) is 0 Å². The number of rotatable bonds is 12. The highest BCUT2D eigenvalue weighted by atomic mass is 16.6. The topological polar surface area (TPSA) is 120 Å². The third-order valence-electron chi connectivity index (χ3n) is 4.05. The van der Waals surface area contributed by atoms with Crippen molar-refractivity contribution in [1.82, 2.24) is 5.32 Å². The van der Waals surface area contributed by atoms with Gasteiger partial charge in [-0.3, -0.25) is 9.59 Å². The van der Waals surface area contributed by atoms with Crippen LogP contribution in [0.3, 0.4) is 0 Å². The predicted molar refractivity (Wildman–Crippen MR) is 97.8 cm³/mol. The number of carbonyl (C=O) groups is 3. The van der Waals surface area contributed by atoms with Gasteiger partial charge in [0, 0.05) is 13.5 Å². The van der Waals surface area contributed by atoms with Crippen LogP contribution in [-0.2, 0) is 41.7 Å². The van der Waals surface area contributed by atoms with Gasteiger partial charge in [-0.25, -0.2) is 14.6 Å². The van der Waals surface area contributed by atoms with E-state index in [0.29, 0.717) is 12.9 Å². The first-order valence-corrected chi connectivity index (χ1v) is 8.65. The molecular weight excluding hydrogens is 368 g/mol. The number of isocyanates is 1. The van der Waals surface area contributed by atoms with Gasteiger partial charge in [0.2, 0.25) is 6.08 Å². The van der Waals surface area contributed by atoms with E-state index in [1.165, 1.54) is 13.0 Å². The lowest BCUT2D eigenvalue weighted by molar-refractivity contribution is -0.149. The van der Waals surface area contributed by atoms with Crippen molar-refractivity contribution in [2.24, 2.45) is 10.4 Å². The molecule has 0 saturated carbocycles. The molecular formula is C19H24N2O7. The van der Waals surface area contributed by atoms with Crippen LogP contribution >= 0.6 is 0 Å². The van der Waals surface area contributed by atoms with E-state index in [-0.39, 0.29) is 32.9 Å². The van der Waals surface area contributed by atoms with Gasteiger partial charge in [0.15, 0.2) is 0 Å².